The predicted molar refractivity (Wildman–Crippen MR) is 122 cm³/mol. The number of hydrogen-bond acceptors (Lipinski definition) is 3. The maximum absolute atomic E-state index is 5.90. The highest BCUT2D eigenvalue weighted by molar-refractivity contribution is 6.02. The van der Waals surface area contributed by atoms with Gasteiger partial charge in [0, 0.05) is 11.1 Å². The monoisotopic (exact) mass is 397 g/mol. The van der Waals surface area contributed by atoms with E-state index in [1.165, 1.54) is 16.8 Å². The molecule has 1 spiro atoms. The van der Waals surface area contributed by atoms with Crippen LogP contribution in [0.2, 0.25) is 0 Å². The Labute approximate surface area is 178 Å². The standard InChI is InChI=1S/C26H27N3O/c1-2-7-22(8-3-1)30-23-12-10-20(11-13-23)19-28-25-26(14-16-27-17-15-26)18-21-6-4-5-9-24(21)29-25/h1-13,27H,14-19H2,(H,28,29). The van der Waals surface area contributed by atoms with E-state index in [4.69, 9.17) is 9.73 Å². The molecule has 3 aromatic carbocycles. The number of benzene rings is 3. The van der Waals surface area contributed by atoms with Crippen LogP contribution in [0.4, 0.5) is 5.69 Å². The number of para-hydroxylation sites is 2. The minimum atomic E-state index is 0.121. The summed E-state index contributed by atoms with van der Waals surface area (Å²) in [6, 6.07) is 26.8. The number of amidine groups is 1. The van der Waals surface area contributed by atoms with Gasteiger partial charge in [-0.3, -0.25) is 4.99 Å². The Bertz CT molecular complexity index is 1020. The third kappa shape index (κ3) is 3.96. The van der Waals surface area contributed by atoms with Crippen LogP contribution in [-0.4, -0.2) is 18.9 Å². The molecule has 3 aromatic rings. The number of aliphatic imine (C=N–C) groups is 1. The maximum atomic E-state index is 5.90. The van der Waals surface area contributed by atoms with Crippen LogP contribution in [0.15, 0.2) is 83.9 Å². The van der Waals surface area contributed by atoms with Crippen LogP contribution < -0.4 is 15.4 Å². The van der Waals surface area contributed by atoms with E-state index in [0.717, 1.165) is 49.7 Å². The first-order chi connectivity index (χ1) is 14.8. The number of ether oxygens (including phenoxy) is 1. The van der Waals surface area contributed by atoms with Crippen LogP contribution in [0.25, 0.3) is 0 Å². The molecule has 0 bridgehead atoms. The molecular weight excluding hydrogens is 370 g/mol. The van der Waals surface area contributed by atoms with Crippen molar-refractivity contribution in [1.29, 1.82) is 0 Å². The number of hydrogen-bond donors (Lipinski definition) is 2. The molecule has 152 valence electrons. The van der Waals surface area contributed by atoms with Gasteiger partial charge in [-0.1, -0.05) is 48.5 Å². The van der Waals surface area contributed by atoms with Gasteiger partial charge < -0.3 is 15.4 Å². The molecule has 2 N–H and O–H groups in total. The molecule has 0 aromatic heterocycles. The smallest absolute Gasteiger partial charge is 0.127 e. The molecule has 30 heavy (non-hydrogen) atoms. The number of rotatable bonds is 4. The van der Waals surface area contributed by atoms with Crippen molar-refractivity contribution in [3.05, 3.63) is 90.0 Å². The molecule has 2 aliphatic rings. The fourth-order valence-electron chi connectivity index (χ4n) is 4.49. The molecule has 2 heterocycles. The number of fused-ring (bicyclic) bond motifs is 1. The Balaban J connectivity index is 1.34. The largest absolute Gasteiger partial charge is 0.457 e. The number of anilines is 1. The van der Waals surface area contributed by atoms with E-state index >= 15 is 0 Å². The summed E-state index contributed by atoms with van der Waals surface area (Å²) in [7, 11) is 0. The first-order valence-electron chi connectivity index (χ1n) is 10.7. The van der Waals surface area contributed by atoms with Gasteiger partial charge in [0.15, 0.2) is 0 Å². The van der Waals surface area contributed by atoms with Crippen molar-refractivity contribution >= 4 is 11.5 Å². The maximum Gasteiger partial charge on any atom is 0.127 e. The molecule has 0 amide bonds. The topological polar surface area (TPSA) is 45.6 Å². The van der Waals surface area contributed by atoms with Crippen LogP contribution in [0, 0.1) is 5.41 Å². The van der Waals surface area contributed by atoms with Gasteiger partial charge >= 0.3 is 0 Å². The summed E-state index contributed by atoms with van der Waals surface area (Å²) in [6.45, 7) is 2.77. The van der Waals surface area contributed by atoms with Gasteiger partial charge in [0.25, 0.3) is 0 Å². The molecule has 0 saturated carbocycles. The van der Waals surface area contributed by atoms with Gasteiger partial charge in [0.05, 0.1) is 6.54 Å². The van der Waals surface area contributed by atoms with E-state index in [1.807, 2.05) is 42.5 Å². The summed E-state index contributed by atoms with van der Waals surface area (Å²) in [4.78, 5) is 5.08. The first kappa shape index (κ1) is 18.9. The zero-order chi connectivity index (χ0) is 20.2. The van der Waals surface area contributed by atoms with Crippen molar-refractivity contribution in [2.45, 2.75) is 25.8 Å². The second kappa shape index (κ2) is 8.33. The molecule has 4 heteroatoms. The van der Waals surface area contributed by atoms with Gasteiger partial charge in [-0.2, -0.15) is 0 Å². The quantitative estimate of drug-likeness (QED) is 0.618. The Morgan fingerprint density at radius 3 is 2.30 bits per heavy atom. The van der Waals surface area contributed by atoms with Gasteiger partial charge in [-0.25, -0.2) is 0 Å². The van der Waals surface area contributed by atoms with Crippen molar-refractivity contribution in [2.24, 2.45) is 10.4 Å². The van der Waals surface area contributed by atoms with Gasteiger partial charge in [0.2, 0.25) is 0 Å². The molecule has 0 radical (unpaired) electrons. The van der Waals surface area contributed by atoms with Gasteiger partial charge in [0.1, 0.15) is 17.3 Å². The summed E-state index contributed by atoms with van der Waals surface area (Å²) >= 11 is 0. The minimum Gasteiger partial charge on any atom is -0.457 e. The van der Waals surface area contributed by atoms with Crippen molar-refractivity contribution in [3.8, 4) is 11.5 Å². The molecule has 0 unspecified atom stereocenters. The van der Waals surface area contributed by atoms with Crippen LogP contribution in [0.3, 0.4) is 0 Å². The first-order valence-corrected chi connectivity index (χ1v) is 10.7. The second-order valence-electron chi connectivity index (χ2n) is 8.21. The zero-order valence-electron chi connectivity index (χ0n) is 17.1. The van der Waals surface area contributed by atoms with E-state index in [9.17, 15) is 0 Å². The summed E-state index contributed by atoms with van der Waals surface area (Å²) < 4.78 is 5.90. The van der Waals surface area contributed by atoms with E-state index in [2.05, 4.69) is 47.0 Å². The average Bonchev–Trinajstić information content (AvgIpc) is 2.80. The van der Waals surface area contributed by atoms with Crippen molar-refractivity contribution in [1.82, 2.24) is 5.32 Å². The van der Waals surface area contributed by atoms with Crippen LogP contribution in [-0.2, 0) is 13.0 Å². The van der Waals surface area contributed by atoms with E-state index < -0.39 is 0 Å². The molecular formula is C26H27N3O. The zero-order valence-corrected chi connectivity index (χ0v) is 17.1. The van der Waals surface area contributed by atoms with Crippen LogP contribution >= 0.6 is 0 Å². The third-order valence-corrected chi connectivity index (χ3v) is 6.18. The molecule has 1 fully saturated rings. The van der Waals surface area contributed by atoms with Crippen molar-refractivity contribution in [3.63, 3.8) is 0 Å². The average molecular weight is 398 g/mol. The Morgan fingerprint density at radius 2 is 1.50 bits per heavy atom. The third-order valence-electron chi connectivity index (χ3n) is 6.18. The summed E-state index contributed by atoms with van der Waals surface area (Å²) in [5.41, 5.74) is 3.91. The van der Waals surface area contributed by atoms with E-state index in [1.54, 1.807) is 0 Å². The van der Waals surface area contributed by atoms with E-state index in [-0.39, 0.29) is 5.41 Å². The number of piperidine rings is 1. The lowest BCUT2D eigenvalue weighted by molar-refractivity contribution is 0.293. The molecule has 1 saturated heterocycles. The van der Waals surface area contributed by atoms with Gasteiger partial charge in [-0.05, 0) is 73.8 Å². The molecule has 4 nitrogen and oxygen atoms in total. The lowest BCUT2D eigenvalue weighted by Gasteiger charge is -2.42. The Hall–Kier alpha value is -3.11. The van der Waals surface area contributed by atoms with Crippen molar-refractivity contribution in [2.75, 3.05) is 18.4 Å². The highest BCUT2D eigenvalue weighted by atomic mass is 16.5. The summed E-state index contributed by atoms with van der Waals surface area (Å²) in [5, 5.41) is 7.17. The van der Waals surface area contributed by atoms with Gasteiger partial charge in [-0.15, -0.1) is 0 Å². The Morgan fingerprint density at radius 1 is 0.800 bits per heavy atom. The highest BCUT2D eigenvalue weighted by Gasteiger charge is 2.40. The number of nitrogens with zero attached hydrogens (tertiary/aromatic N) is 1. The lowest BCUT2D eigenvalue weighted by Crippen LogP contribution is -2.48. The lowest BCUT2D eigenvalue weighted by atomic mass is 9.71. The number of nitrogens with one attached hydrogen (secondary N) is 2. The summed E-state index contributed by atoms with van der Waals surface area (Å²) in [5.74, 6) is 2.84. The fraction of sp³-hybridized carbons (Fsp3) is 0.269. The molecule has 5 rings (SSSR count). The van der Waals surface area contributed by atoms with Crippen LogP contribution in [0.1, 0.15) is 24.0 Å². The molecule has 0 atom stereocenters. The van der Waals surface area contributed by atoms with E-state index in [0.29, 0.717) is 6.54 Å². The minimum absolute atomic E-state index is 0.121. The van der Waals surface area contributed by atoms with Crippen LogP contribution in [0.5, 0.6) is 11.5 Å². The molecule has 2 aliphatic heterocycles. The SMILES string of the molecule is c1ccc(Oc2ccc(CN=C3Nc4ccccc4CC34CCNCC4)cc2)cc1. The summed E-state index contributed by atoms with van der Waals surface area (Å²) in [6.07, 6.45) is 3.31. The highest BCUT2D eigenvalue weighted by Crippen LogP contribution is 2.40. The predicted octanol–water partition coefficient (Wildman–Crippen LogP) is 5.42. The second-order valence-corrected chi connectivity index (χ2v) is 8.21. The Kier molecular flexibility index (Phi) is 5.24. The molecule has 0 aliphatic carbocycles. The normalized spacial score (nSPS) is 18.6. The fourth-order valence-corrected chi connectivity index (χ4v) is 4.49. The van der Waals surface area contributed by atoms with Crippen molar-refractivity contribution < 1.29 is 4.74 Å².